The molecule has 108 valence electrons. The molecule has 0 radical (unpaired) electrons. The third kappa shape index (κ3) is 2.92. The molecule has 2 heterocycles. The topological polar surface area (TPSA) is 58.1 Å². The van der Waals surface area contributed by atoms with E-state index in [1.165, 1.54) is 0 Å². The molecule has 1 N–H and O–H groups in total. The van der Waals surface area contributed by atoms with Crippen molar-refractivity contribution in [2.24, 2.45) is 5.92 Å². The van der Waals surface area contributed by atoms with Gasteiger partial charge in [-0.05, 0) is 39.5 Å². The van der Waals surface area contributed by atoms with Gasteiger partial charge in [-0.2, -0.15) is 0 Å². The minimum atomic E-state index is 0.259. The van der Waals surface area contributed by atoms with Crippen molar-refractivity contribution in [3.8, 4) is 0 Å². The van der Waals surface area contributed by atoms with Crippen molar-refractivity contribution in [2.45, 2.75) is 45.6 Å². The molecule has 2 fully saturated rings. The Morgan fingerprint density at radius 3 is 2.60 bits per heavy atom. The molecule has 1 aliphatic heterocycles. The molecule has 2 aliphatic rings. The maximum atomic E-state index is 11.8. The SMILES string of the molecule is Cc1cnc(C)c(N2CCC(NC(=O)C3CC3)CC2)n1. The van der Waals surface area contributed by atoms with Gasteiger partial charge < -0.3 is 10.2 Å². The average molecular weight is 274 g/mol. The zero-order chi connectivity index (χ0) is 14.1. The predicted octanol–water partition coefficient (Wildman–Crippen LogP) is 1.59. The van der Waals surface area contributed by atoms with Crippen LogP contribution in [0.1, 0.15) is 37.1 Å². The van der Waals surface area contributed by atoms with Crippen LogP contribution in [-0.2, 0) is 4.79 Å². The van der Waals surface area contributed by atoms with Crippen LogP contribution in [0, 0.1) is 19.8 Å². The first-order chi connectivity index (χ1) is 9.63. The number of anilines is 1. The maximum Gasteiger partial charge on any atom is 0.223 e. The Balaban J connectivity index is 1.57. The van der Waals surface area contributed by atoms with E-state index in [0.717, 1.165) is 56.0 Å². The van der Waals surface area contributed by atoms with E-state index >= 15 is 0 Å². The summed E-state index contributed by atoms with van der Waals surface area (Å²) in [5, 5.41) is 3.18. The van der Waals surface area contributed by atoms with Gasteiger partial charge in [-0.1, -0.05) is 0 Å². The summed E-state index contributed by atoms with van der Waals surface area (Å²) >= 11 is 0. The zero-order valence-electron chi connectivity index (χ0n) is 12.2. The third-order valence-corrected chi connectivity index (χ3v) is 4.14. The number of nitrogens with one attached hydrogen (secondary N) is 1. The molecule has 0 atom stereocenters. The van der Waals surface area contributed by atoms with Crippen molar-refractivity contribution < 1.29 is 4.79 Å². The molecular weight excluding hydrogens is 252 g/mol. The molecule has 1 aromatic rings. The van der Waals surface area contributed by atoms with Crippen LogP contribution < -0.4 is 10.2 Å². The molecule has 1 saturated heterocycles. The number of carbonyl (C=O) groups is 1. The molecule has 0 spiro atoms. The summed E-state index contributed by atoms with van der Waals surface area (Å²) in [4.78, 5) is 23.0. The minimum absolute atomic E-state index is 0.259. The number of hydrogen-bond acceptors (Lipinski definition) is 4. The number of aryl methyl sites for hydroxylation is 2. The molecule has 1 aromatic heterocycles. The fraction of sp³-hybridized carbons (Fsp3) is 0.667. The van der Waals surface area contributed by atoms with Crippen LogP contribution in [0.25, 0.3) is 0 Å². The predicted molar refractivity (Wildman–Crippen MR) is 77.6 cm³/mol. The molecular formula is C15H22N4O. The Morgan fingerprint density at radius 1 is 1.25 bits per heavy atom. The number of hydrogen-bond donors (Lipinski definition) is 1. The van der Waals surface area contributed by atoms with Crippen molar-refractivity contribution >= 4 is 11.7 Å². The molecule has 0 aromatic carbocycles. The standard InChI is InChI=1S/C15H22N4O/c1-10-9-16-11(2)14(17-10)19-7-5-13(6-8-19)18-15(20)12-3-4-12/h9,12-13H,3-8H2,1-2H3,(H,18,20). The second kappa shape index (κ2) is 5.38. The molecule has 20 heavy (non-hydrogen) atoms. The van der Waals surface area contributed by atoms with Crippen molar-refractivity contribution in [3.63, 3.8) is 0 Å². The van der Waals surface area contributed by atoms with Crippen molar-refractivity contribution in [2.75, 3.05) is 18.0 Å². The highest BCUT2D eigenvalue weighted by atomic mass is 16.2. The van der Waals surface area contributed by atoms with Gasteiger partial charge in [-0.25, -0.2) is 4.98 Å². The van der Waals surface area contributed by atoms with Gasteiger partial charge in [0.15, 0.2) is 0 Å². The Labute approximate surface area is 119 Å². The van der Waals surface area contributed by atoms with Crippen LogP contribution in [-0.4, -0.2) is 35.0 Å². The van der Waals surface area contributed by atoms with E-state index in [4.69, 9.17) is 0 Å². The van der Waals surface area contributed by atoms with Gasteiger partial charge in [-0.3, -0.25) is 9.78 Å². The van der Waals surface area contributed by atoms with Crippen LogP contribution in [0.5, 0.6) is 0 Å². The lowest BCUT2D eigenvalue weighted by atomic mass is 10.0. The summed E-state index contributed by atoms with van der Waals surface area (Å²) in [6.07, 6.45) is 5.94. The van der Waals surface area contributed by atoms with Gasteiger partial charge >= 0.3 is 0 Å². The zero-order valence-corrected chi connectivity index (χ0v) is 12.2. The molecule has 0 bridgehead atoms. The molecule has 1 saturated carbocycles. The Hall–Kier alpha value is -1.65. The van der Waals surface area contributed by atoms with Crippen molar-refractivity contribution in [1.29, 1.82) is 0 Å². The van der Waals surface area contributed by atoms with Crippen LogP contribution in [0.4, 0.5) is 5.82 Å². The van der Waals surface area contributed by atoms with Gasteiger partial charge in [0.05, 0.1) is 11.4 Å². The summed E-state index contributed by atoms with van der Waals surface area (Å²) in [6.45, 7) is 5.85. The normalized spacial score (nSPS) is 20.0. The van der Waals surface area contributed by atoms with E-state index in [9.17, 15) is 4.79 Å². The second-order valence-electron chi connectivity index (χ2n) is 5.96. The van der Waals surface area contributed by atoms with Gasteiger partial charge in [0.2, 0.25) is 5.91 Å². The summed E-state index contributed by atoms with van der Waals surface area (Å²) in [5.74, 6) is 1.56. The first-order valence-electron chi connectivity index (χ1n) is 7.49. The van der Waals surface area contributed by atoms with Gasteiger partial charge in [0.1, 0.15) is 5.82 Å². The van der Waals surface area contributed by atoms with Crippen LogP contribution in [0.3, 0.4) is 0 Å². The van der Waals surface area contributed by atoms with E-state index in [1.807, 2.05) is 13.8 Å². The number of piperidine rings is 1. The molecule has 0 unspecified atom stereocenters. The summed E-state index contributed by atoms with van der Waals surface area (Å²) in [7, 11) is 0. The number of amides is 1. The van der Waals surface area contributed by atoms with E-state index in [1.54, 1.807) is 6.20 Å². The molecule has 1 amide bonds. The molecule has 3 rings (SSSR count). The Kier molecular flexibility index (Phi) is 3.59. The van der Waals surface area contributed by atoms with Crippen LogP contribution in [0.15, 0.2) is 6.20 Å². The fourth-order valence-corrected chi connectivity index (χ4v) is 2.72. The highest BCUT2D eigenvalue weighted by Gasteiger charge is 2.32. The minimum Gasteiger partial charge on any atom is -0.355 e. The molecule has 5 heteroatoms. The highest BCUT2D eigenvalue weighted by Crippen LogP contribution is 2.29. The fourth-order valence-electron chi connectivity index (χ4n) is 2.72. The Morgan fingerprint density at radius 2 is 1.95 bits per heavy atom. The van der Waals surface area contributed by atoms with Gasteiger partial charge in [-0.15, -0.1) is 0 Å². The summed E-state index contributed by atoms with van der Waals surface area (Å²) < 4.78 is 0. The lowest BCUT2D eigenvalue weighted by Gasteiger charge is -2.33. The average Bonchev–Trinajstić information content (AvgIpc) is 3.27. The van der Waals surface area contributed by atoms with Gasteiger partial charge in [0.25, 0.3) is 0 Å². The largest absolute Gasteiger partial charge is 0.355 e. The summed E-state index contributed by atoms with van der Waals surface area (Å²) in [5.41, 5.74) is 1.94. The van der Waals surface area contributed by atoms with Gasteiger partial charge in [0, 0.05) is 31.2 Å². The summed E-state index contributed by atoms with van der Waals surface area (Å²) in [6, 6.07) is 0.331. The lowest BCUT2D eigenvalue weighted by Crippen LogP contribution is -2.45. The second-order valence-corrected chi connectivity index (χ2v) is 5.96. The number of nitrogens with zero attached hydrogens (tertiary/aromatic N) is 3. The molecule has 5 nitrogen and oxygen atoms in total. The third-order valence-electron chi connectivity index (χ3n) is 4.14. The van der Waals surface area contributed by atoms with E-state index < -0.39 is 0 Å². The smallest absolute Gasteiger partial charge is 0.223 e. The van der Waals surface area contributed by atoms with E-state index in [-0.39, 0.29) is 5.91 Å². The van der Waals surface area contributed by atoms with Crippen molar-refractivity contribution in [1.82, 2.24) is 15.3 Å². The lowest BCUT2D eigenvalue weighted by molar-refractivity contribution is -0.123. The van der Waals surface area contributed by atoms with Crippen LogP contribution >= 0.6 is 0 Å². The number of rotatable bonds is 3. The Bertz CT molecular complexity index is 505. The molecule has 1 aliphatic carbocycles. The highest BCUT2D eigenvalue weighted by molar-refractivity contribution is 5.81. The monoisotopic (exact) mass is 274 g/mol. The number of carbonyl (C=O) groups excluding carboxylic acids is 1. The van der Waals surface area contributed by atoms with Crippen LogP contribution in [0.2, 0.25) is 0 Å². The van der Waals surface area contributed by atoms with E-state index in [0.29, 0.717) is 12.0 Å². The first-order valence-corrected chi connectivity index (χ1v) is 7.49. The first kappa shape index (κ1) is 13.3. The quantitative estimate of drug-likeness (QED) is 0.909. The van der Waals surface area contributed by atoms with E-state index in [2.05, 4.69) is 20.2 Å². The maximum absolute atomic E-state index is 11.8. The van der Waals surface area contributed by atoms with Crippen molar-refractivity contribution in [3.05, 3.63) is 17.6 Å². The number of aromatic nitrogens is 2.